The Kier molecular flexibility index (Phi) is 6.98. The van der Waals surface area contributed by atoms with E-state index >= 15 is 0 Å². The minimum Gasteiger partial charge on any atom is -0.309 e. The van der Waals surface area contributed by atoms with Gasteiger partial charge >= 0.3 is 15.2 Å². The summed E-state index contributed by atoms with van der Waals surface area (Å²) in [5.74, 6) is 0. The molecule has 15 heavy (non-hydrogen) atoms. The van der Waals surface area contributed by atoms with E-state index in [1.807, 2.05) is 13.8 Å². The van der Waals surface area contributed by atoms with Gasteiger partial charge in [0.2, 0.25) is 0 Å². The van der Waals surface area contributed by atoms with Crippen molar-refractivity contribution >= 4 is 15.2 Å². The van der Waals surface area contributed by atoms with Crippen molar-refractivity contribution < 1.29 is 22.5 Å². The molecular weight excluding hydrogens is 238 g/mol. The first-order valence-corrected chi connectivity index (χ1v) is 8.96. The Morgan fingerprint density at radius 1 is 0.867 bits per heavy atom. The van der Waals surface area contributed by atoms with Crippen molar-refractivity contribution in [1.82, 2.24) is 0 Å². The maximum atomic E-state index is 11.7. The summed E-state index contributed by atoms with van der Waals surface area (Å²) >= 11 is 0. The molecule has 5 nitrogen and oxygen atoms in total. The maximum absolute atomic E-state index is 11.7. The molecule has 0 N–H and O–H groups in total. The summed E-state index contributed by atoms with van der Waals surface area (Å²) in [6.45, 7) is 7.02. The molecule has 7 heteroatoms. The standard InChI is InChI=1S/C8H20O5P2/c1-5-7-11-14(3,9)13-15(4,10)12-8-6-2/h5-8H2,1-4H3. The molecule has 0 fully saturated rings. The molecule has 0 spiro atoms. The largest absolute Gasteiger partial charge is 0.334 e. The summed E-state index contributed by atoms with van der Waals surface area (Å²) in [6.07, 6.45) is 1.45. The molecule has 0 saturated heterocycles. The van der Waals surface area contributed by atoms with Gasteiger partial charge in [0.1, 0.15) is 0 Å². The molecule has 2 unspecified atom stereocenters. The van der Waals surface area contributed by atoms with Gasteiger partial charge in [0.05, 0.1) is 13.2 Å². The number of rotatable bonds is 8. The third kappa shape index (κ3) is 8.18. The lowest BCUT2D eigenvalue weighted by Crippen LogP contribution is -1.97. The molecule has 0 aliphatic carbocycles. The van der Waals surface area contributed by atoms with Crippen molar-refractivity contribution in [3.63, 3.8) is 0 Å². The van der Waals surface area contributed by atoms with Crippen LogP contribution < -0.4 is 0 Å². The van der Waals surface area contributed by atoms with E-state index in [1.54, 1.807) is 0 Å². The van der Waals surface area contributed by atoms with E-state index in [0.717, 1.165) is 12.8 Å². The zero-order chi connectivity index (χ0) is 11.9. The summed E-state index contributed by atoms with van der Waals surface area (Å²) in [7, 11) is -6.52. The molecule has 0 aliphatic rings. The molecule has 0 radical (unpaired) electrons. The summed E-state index contributed by atoms with van der Waals surface area (Å²) in [6, 6.07) is 0. The lowest BCUT2D eigenvalue weighted by molar-refractivity contribution is 0.232. The highest BCUT2D eigenvalue weighted by Gasteiger charge is 2.28. The average Bonchev–Trinajstić information content (AvgIpc) is 2.10. The quantitative estimate of drug-likeness (QED) is 0.623. The molecular formula is C8H20O5P2. The molecule has 0 amide bonds. The van der Waals surface area contributed by atoms with Crippen LogP contribution in [0.15, 0.2) is 0 Å². The molecule has 0 heterocycles. The van der Waals surface area contributed by atoms with Gasteiger partial charge in [-0.1, -0.05) is 13.8 Å². The fourth-order valence-electron chi connectivity index (χ4n) is 0.831. The molecule has 0 aromatic carbocycles. The van der Waals surface area contributed by atoms with Gasteiger partial charge in [-0.15, -0.1) is 0 Å². The topological polar surface area (TPSA) is 61.8 Å². The molecule has 0 bridgehead atoms. The SMILES string of the molecule is CCCOP(C)(=O)OP(C)(=O)OCCC. The van der Waals surface area contributed by atoms with Crippen molar-refractivity contribution in [2.45, 2.75) is 26.7 Å². The van der Waals surface area contributed by atoms with E-state index in [-0.39, 0.29) is 0 Å². The Balaban J connectivity index is 4.17. The Hall–Kier alpha value is 0.340. The van der Waals surface area contributed by atoms with Crippen LogP contribution >= 0.6 is 15.2 Å². The lowest BCUT2D eigenvalue weighted by atomic mass is 10.5. The predicted molar refractivity (Wildman–Crippen MR) is 60.6 cm³/mol. The zero-order valence-corrected chi connectivity index (χ0v) is 11.6. The van der Waals surface area contributed by atoms with Gasteiger partial charge in [-0.3, -0.25) is 9.13 Å². The first kappa shape index (κ1) is 15.3. The smallest absolute Gasteiger partial charge is 0.309 e. The van der Waals surface area contributed by atoms with Crippen molar-refractivity contribution in [1.29, 1.82) is 0 Å². The van der Waals surface area contributed by atoms with Gasteiger partial charge in [-0.05, 0) is 12.8 Å². The van der Waals surface area contributed by atoms with Crippen LogP contribution in [0.3, 0.4) is 0 Å². The van der Waals surface area contributed by atoms with E-state index in [9.17, 15) is 9.13 Å². The highest BCUT2D eigenvalue weighted by Crippen LogP contribution is 2.60. The van der Waals surface area contributed by atoms with Crippen LogP contribution in [-0.4, -0.2) is 26.5 Å². The van der Waals surface area contributed by atoms with Gasteiger partial charge in [-0.25, -0.2) is 4.31 Å². The van der Waals surface area contributed by atoms with E-state index in [1.165, 1.54) is 13.3 Å². The maximum Gasteiger partial charge on any atom is 0.334 e. The third-order valence-corrected chi connectivity index (χ3v) is 5.03. The van der Waals surface area contributed by atoms with Crippen molar-refractivity contribution in [2.75, 3.05) is 26.5 Å². The van der Waals surface area contributed by atoms with Crippen LogP contribution in [0.5, 0.6) is 0 Å². The predicted octanol–water partition coefficient (Wildman–Crippen LogP) is 3.50. The molecule has 0 aromatic heterocycles. The van der Waals surface area contributed by atoms with Gasteiger partial charge < -0.3 is 9.05 Å². The molecule has 0 aliphatic heterocycles. The summed E-state index contributed by atoms with van der Waals surface area (Å²) in [4.78, 5) is 0. The summed E-state index contributed by atoms with van der Waals surface area (Å²) < 4.78 is 38.2. The first-order chi connectivity index (χ1) is 6.83. The normalized spacial score (nSPS) is 19.5. The van der Waals surface area contributed by atoms with Gasteiger partial charge in [0.25, 0.3) is 0 Å². The van der Waals surface area contributed by atoms with Crippen LogP contribution in [0.25, 0.3) is 0 Å². The second-order valence-corrected chi connectivity index (χ2v) is 7.55. The Labute approximate surface area is 91.6 Å². The Morgan fingerprint density at radius 2 is 1.20 bits per heavy atom. The van der Waals surface area contributed by atoms with Crippen LogP contribution in [-0.2, 0) is 22.5 Å². The highest BCUT2D eigenvalue weighted by molar-refractivity contribution is 7.66. The van der Waals surface area contributed by atoms with E-state index in [2.05, 4.69) is 0 Å². The third-order valence-electron chi connectivity index (χ3n) is 1.36. The monoisotopic (exact) mass is 258 g/mol. The van der Waals surface area contributed by atoms with Crippen molar-refractivity contribution in [3.05, 3.63) is 0 Å². The van der Waals surface area contributed by atoms with E-state index in [0.29, 0.717) is 13.2 Å². The minimum atomic E-state index is -3.26. The second-order valence-electron chi connectivity index (χ2n) is 3.29. The van der Waals surface area contributed by atoms with Crippen molar-refractivity contribution in [3.8, 4) is 0 Å². The van der Waals surface area contributed by atoms with Gasteiger partial charge in [0, 0.05) is 13.3 Å². The Bertz CT molecular complexity index is 240. The molecule has 0 aromatic rings. The molecule has 0 rings (SSSR count). The van der Waals surface area contributed by atoms with E-state index in [4.69, 9.17) is 13.4 Å². The van der Waals surface area contributed by atoms with Crippen LogP contribution in [0.1, 0.15) is 26.7 Å². The number of hydrogen-bond donors (Lipinski definition) is 0. The van der Waals surface area contributed by atoms with Gasteiger partial charge in [0.15, 0.2) is 0 Å². The van der Waals surface area contributed by atoms with Crippen LogP contribution in [0.4, 0.5) is 0 Å². The summed E-state index contributed by atoms with van der Waals surface area (Å²) in [5.41, 5.74) is 0. The van der Waals surface area contributed by atoms with E-state index < -0.39 is 15.2 Å². The molecule has 92 valence electrons. The summed E-state index contributed by atoms with van der Waals surface area (Å²) in [5, 5.41) is 0. The van der Waals surface area contributed by atoms with Crippen molar-refractivity contribution in [2.24, 2.45) is 0 Å². The minimum absolute atomic E-state index is 0.321. The molecule has 0 saturated carbocycles. The molecule has 2 atom stereocenters. The Morgan fingerprint density at radius 3 is 1.47 bits per heavy atom. The average molecular weight is 258 g/mol. The zero-order valence-electron chi connectivity index (χ0n) is 9.76. The van der Waals surface area contributed by atoms with Crippen LogP contribution in [0, 0.1) is 0 Å². The second kappa shape index (κ2) is 6.82. The van der Waals surface area contributed by atoms with Crippen LogP contribution in [0.2, 0.25) is 0 Å². The first-order valence-electron chi connectivity index (χ1n) is 4.98. The lowest BCUT2D eigenvalue weighted by Gasteiger charge is -2.18. The number of hydrogen-bond acceptors (Lipinski definition) is 5. The fraction of sp³-hybridized carbons (Fsp3) is 1.00. The van der Waals surface area contributed by atoms with Gasteiger partial charge in [-0.2, -0.15) is 0 Å². The highest BCUT2D eigenvalue weighted by atomic mass is 31.3. The fourth-order valence-corrected chi connectivity index (χ4v) is 4.39.